The molecule has 1 heterocycles. The van der Waals surface area contributed by atoms with Gasteiger partial charge < -0.3 is 19.7 Å². The predicted octanol–water partition coefficient (Wildman–Crippen LogP) is 3.87. The van der Waals surface area contributed by atoms with E-state index in [9.17, 15) is 9.90 Å². The molecular weight excluding hydrogens is 316 g/mol. The number of methoxy groups -OCH3 is 1. The van der Waals surface area contributed by atoms with Gasteiger partial charge in [0.05, 0.1) is 12.6 Å². The minimum absolute atomic E-state index is 0.340. The Labute approximate surface area is 148 Å². The Kier molecular flexibility index (Phi) is 5.43. The van der Waals surface area contributed by atoms with Crippen molar-refractivity contribution in [2.24, 2.45) is 7.05 Å². The summed E-state index contributed by atoms with van der Waals surface area (Å²) in [7, 11) is 3.41. The van der Waals surface area contributed by atoms with Crippen LogP contribution >= 0.6 is 0 Å². The number of fused-ring (bicyclic) bond motifs is 1. The molecule has 0 atom stereocenters. The van der Waals surface area contributed by atoms with E-state index in [1.54, 1.807) is 18.7 Å². The highest BCUT2D eigenvalue weighted by Crippen LogP contribution is 2.29. The lowest BCUT2D eigenvalue weighted by Crippen LogP contribution is -2.18. The molecule has 1 aromatic carbocycles. The van der Waals surface area contributed by atoms with Crippen molar-refractivity contribution in [1.82, 2.24) is 9.88 Å². The van der Waals surface area contributed by atoms with Crippen molar-refractivity contribution in [2.45, 2.75) is 38.6 Å². The second-order valence-electron chi connectivity index (χ2n) is 6.61. The van der Waals surface area contributed by atoms with Crippen molar-refractivity contribution in [3.05, 3.63) is 41.1 Å². The molecule has 3 rings (SSSR count). The first-order valence-electron chi connectivity index (χ1n) is 8.89. The number of hydrogen-bond acceptors (Lipinski definition) is 3. The zero-order valence-electron chi connectivity index (χ0n) is 15.0. The fraction of sp³-hybridized carbons (Fsp3) is 0.450. The Morgan fingerprint density at radius 1 is 1.36 bits per heavy atom. The molecule has 25 heavy (non-hydrogen) atoms. The maximum atomic E-state index is 11.8. The minimum Gasteiger partial charge on any atom is -0.497 e. The molecule has 0 spiro atoms. The van der Waals surface area contributed by atoms with E-state index in [0.29, 0.717) is 12.2 Å². The fourth-order valence-electron chi connectivity index (χ4n) is 3.67. The van der Waals surface area contributed by atoms with Crippen molar-refractivity contribution in [3.63, 3.8) is 0 Å². The quantitative estimate of drug-likeness (QED) is 0.592. The largest absolute Gasteiger partial charge is 0.497 e. The third-order valence-corrected chi connectivity index (χ3v) is 5.02. The van der Waals surface area contributed by atoms with Crippen LogP contribution in [0.4, 0.5) is 0 Å². The van der Waals surface area contributed by atoms with Gasteiger partial charge in [0.2, 0.25) is 0 Å². The predicted molar refractivity (Wildman–Crippen MR) is 99.3 cm³/mol. The highest BCUT2D eigenvalue weighted by Gasteiger charge is 2.20. The molecule has 5 nitrogen and oxygen atoms in total. The number of ether oxygens (including phenoxy) is 1. The van der Waals surface area contributed by atoms with E-state index in [4.69, 9.17) is 4.74 Å². The standard InChI is InChI=1S/C20H26N2O3/c1-22-18-12-15(25-2)8-9-16(18)17(19(22)20(23)24)13-21-11-10-14-6-4-3-5-7-14/h6,8-9,12,21H,3-5,7,10-11,13H2,1-2H3,(H,23,24). The van der Waals surface area contributed by atoms with Crippen LogP contribution in [0.15, 0.2) is 29.8 Å². The first-order valence-corrected chi connectivity index (χ1v) is 8.89. The van der Waals surface area contributed by atoms with Crippen molar-refractivity contribution < 1.29 is 14.6 Å². The number of aryl methyl sites for hydroxylation is 1. The summed E-state index contributed by atoms with van der Waals surface area (Å²) < 4.78 is 7.01. The molecule has 1 aliphatic carbocycles. The molecular formula is C20H26N2O3. The van der Waals surface area contributed by atoms with Crippen LogP contribution in [-0.4, -0.2) is 29.3 Å². The average molecular weight is 342 g/mol. The Bertz CT molecular complexity index is 805. The smallest absolute Gasteiger partial charge is 0.352 e. The highest BCUT2D eigenvalue weighted by molar-refractivity contribution is 5.98. The Balaban J connectivity index is 1.78. The zero-order chi connectivity index (χ0) is 17.8. The van der Waals surface area contributed by atoms with E-state index in [2.05, 4.69) is 11.4 Å². The second kappa shape index (κ2) is 7.74. The summed E-state index contributed by atoms with van der Waals surface area (Å²) in [6.45, 7) is 1.43. The number of aromatic carboxylic acids is 1. The van der Waals surface area contributed by atoms with E-state index in [1.165, 1.54) is 31.3 Å². The van der Waals surface area contributed by atoms with Gasteiger partial charge in [-0.2, -0.15) is 0 Å². The summed E-state index contributed by atoms with van der Waals surface area (Å²) in [5.74, 6) is -0.168. The van der Waals surface area contributed by atoms with Crippen LogP contribution in [0.25, 0.3) is 10.9 Å². The van der Waals surface area contributed by atoms with Crippen molar-refractivity contribution in [2.75, 3.05) is 13.7 Å². The van der Waals surface area contributed by atoms with E-state index < -0.39 is 5.97 Å². The average Bonchev–Trinajstić information content (AvgIpc) is 2.91. The molecule has 2 aromatic rings. The summed E-state index contributed by atoms with van der Waals surface area (Å²) >= 11 is 0. The lowest BCUT2D eigenvalue weighted by atomic mass is 9.97. The lowest BCUT2D eigenvalue weighted by molar-refractivity contribution is 0.0685. The first-order chi connectivity index (χ1) is 12.1. The number of nitrogens with one attached hydrogen (secondary N) is 1. The van der Waals surface area contributed by atoms with E-state index in [1.807, 2.05) is 18.2 Å². The molecule has 1 aromatic heterocycles. The van der Waals surface area contributed by atoms with Gasteiger partial charge in [-0.05, 0) is 50.8 Å². The van der Waals surface area contributed by atoms with Gasteiger partial charge >= 0.3 is 5.97 Å². The number of rotatable bonds is 7. The van der Waals surface area contributed by atoms with E-state index in [-0.39, 0.29) is 0 Å². The van der Waals surface area contributed by atoms with Crippen LogP contribution in [0.3, 0.4) is 0 Å². The normalized spacial score (nSPS) is 14.6. The summed E-state index contributed by atoms with van der Waals surface area (Å²) in [5, 5.41) is 14.0. The van der Waals surface area contributed by atoms with Gasteiger partial charge in [-0.25, -0.2) is 4.79 Å². The SMILES string of the molecule is COc1ccc2c(CNCCC3=CCCCC3)c(C(=O)O)n(C)c2c1. The first kappa shape index (κ1) is 17.5. The van der Waals surface area contributed by atoms with E-state index in [0.717, 1.165) is 35.2 Å². The summed E-state index contributed by atoms with van der Waals surface area (Å²) in [4.78, 5) is 11.8. The molecule has 2 N–H and O–H groups in total. The number of carboxylic acids is 1. The Hall–Kier alpha value is -2.27. The van der Waals surface area contributed by atoms with Crippen LogP contribution in [-0.2, 0) is 13.6 Å². The van der Waals surface area contributed by atoms with Gasteiger partial charge in [-0.3, -0.25) is 0 Å². The van der Waals surface area contributed by atoms with Gasteiger partial charge in [-0.15, -0.1) is 0 Å². The van der Waals surface area contributed by atoms with Crippen LogP contribution in [0.5, 0.6) is 5.75 Å². The Morgan fingerprint density at radius 2 is 2.20 bits per heavy atom. The highest BCUT2D eigenvalue weighted by atomic mass is 16.5. The number of carbonyl (C=O) groups is 1. The number of allylic oxidation sites excluding steroid dienone is 1. The van der Waals surface area contributed by atoms with Crippen LogP contribution in [0.1, 0.15) is 48.2 Å². The number of carboxylic acid groups (broad SMARTS) is 1. The van der Waals surface area contributed by atoms with Crippen LogP contribution in [0, 0.1) is 0 Å². The van der Waals surface area contributed by atoms with Crippen molar-refractivity contribution in [1.29, 1.82) is 0 Å². The molecule has 1 aliphatic rings. The molecule has 0 saturated carbocycles. The third-order valence-electron chi connectivity index (χ3n) is 5.02. The van der Waals surface area contributed by atoms with Crippen molar-refractivity contribution >= 4 is 16.9 Å². The zero-order valence-corrected chi connectivity index (χ0v) is 15.0. The van der Waals surface area contributed by atoms with Crippen LogP contribution in [0.2, 0.25) is 0 Å². The molecule has 0 radical (unpaired) electrons. The fourth-order valence-corrected chi connectivity index (χ4v) is 3.67. The molecule has 0 fully saturated rings. The molecule has 0 aliphatic heterocycles. The number of aromatic nitrogens is 1. The molecule has 0 unspecified atom stereocenters. The second-order valence-corrected chi connectivity index (χ2v) is 6.61. The number of nitrogens with zero attached hydrogens (tertiary/aromatic N) is 1. The van der Waals surface area contributed by atoms with Crippen LogP contribution < -0.4 is 10.1 Å². The number of hydrogen-bond donors (Lipinski definition) is 2. The van der Waals surface area contributed by atoms with Gasteiger partial charge in [0.1, 0.15) is 11.4 Å². The number of benzene rings is 1. The monoisotopic (exact) mass is 342 g/mol. The summed E-state index contributed by atoms with van der Waals surface area (Å²) in [5.41, 5.74) is 3.58. The Morgan fingerprint density at radius 3 is 2.88 bits per heavy atom. The van der Waals surface area contributed by atoms with Gasteiger partial charge in [-0.1, -0.05) is 11.6 Å². The lowest BCUT2D eigenvalue weighted by Gasteiger charge is -2.13. The minimum atomic E-state index is -0.899. The summed E-state index contributed by atoms with van der Waals surface area (Å²) in [6.07, 6.45) is 8.40. The molecule has 0 amide bonds. The molecule has 0 saturated heterocycles. The van der Waals surface area contributed by atoms with E-state index >= 15 is 0 Å². The summed E-state index contributed by atoms with van der Waals surface area (Å²) in [6, 6.07) is 5.71. The van der Waals surface area contributed by atoms with Gasteiger partial charge in [0, 0.05) is 30.6 Å². The van der Waals surface area contributed by atoms with Gasteiger partial charge in [0.15, 0.2) is 0 Å². The topological polar surface area (TPSA) is 63.5 Å². The molecule has 5 heteroatoms. The molecule has 134 valence electrons. The molecule has 0 bridgehead atoms. The van der Waals surface area contributed by atoms with Gasteiger partial charge in [0.25, 0.3) is 0 Å². The maximum absolute atomic E-state index is 11.8. The maximum Gasteiger partial charge on any atom is 0.352 e. The third kappa shape index (κ3) is 3.71. The van der Waals surface area contributed by atoms with Crippen molar-refractivity contribution in [3.8, 4) is 5.75 Å².